The summed E-state index contributed by atoms with van der Waals surface area (Å²) >= 11 is 0. The van der Waals surface area contributed by atoms with Crippen LogP contribution in [0.5, 0.6) is 0 Å². The average molecular weight is 237 g/mol. The fourth-order valence-electron chi connectivity index (χ4n) is 1.91. The lowest BCUT2D eigenvalue weighted by atomic mass is 10.1. The number of aromatic carboxylic acids is 1. The minimum absolute atomic E-state index is 0.106. The van der Waals surface area contributed by atoms with Crippen molar-refractivity contribution in [2.45, 2.75) is 18.9 Å². The second kappa shape index (κ2) is 5.09. The van der Waals surface area contributed by atoms with Crippen LogP contribution in [-0.2, 0) is 4.74 Å². The van der Waals surface area contributed by atoms with Crippen LogP contribution >= 0.6 is 0 Å². The van der Waals surface area contributed by atoms with Crippen LogP contribution in [0.3, 0.4) is 0 Å². The van der Waals surface area contributed by atoms with E-state index in [1.165, 1.54) is 12.4 Å². The topological polar surface area (TPSA) is 75.5 Å². The number of carboxylic acids is 1. The molecule has 1 N–H and O–H groups in total. The van der Waals surface area contributed by atoms with E-state index in [1.807, 2.05) is 4.90 Å². The third kappa shape index (κ3) is 2.71. The van der Waals surface area contributed by atoms with E-state index in [9.17, 15) is 4.79 Å². The monoisotopic (exact) mass is 237 g/mol. The largest absolute Gasteiger partial charge is 0.478 e. The van der Waals surface area contributed by atoms with Crippen LogP contribution in [-0.4, -0.2) is 47.3 Å². The van der Waals surface area contributed by atoms with Crippen molar-refractivity contribution in [3.63, 3.8) is 0 Å². The number of aromatic nitrogens is 2. The molecule has 2 rings (SSSR count). The number of nitrogens with zero attached hydrogens (tertiary/aromatic N) is 3. The number of carboxylic acid groups (broad SMARTS) is 1. The highest BCUT2D eigenvalue weighted by atomic mass is 16.5. The Morgan fingerprint density at radius 1 is 1.53 bits per heavy atom. The molecule has 6 heteroatoms. The van der Waals surface area contributed by atoms with Crippen LogP contribution in [0.4, 0.5) is 5.95 Å². The number of anilines is 1. The second-order valence-electron chi connectivity index (χ2n) is 4.02. The standard InChI is InChI=1S/C11H15N3O3/c1-17-9-3-2-4-14(7-9)11-12-5-8(6-13-11)10(15)16/h5-6,9H,2-4,7H2,1H3,(H,15,16). The minimum Gasteiger partial charge on any atom is -0.478 e. The summed E-state index contributed by atoms with van der Waals surface area (Å²) in [4.78, 5) is 20.8. The predicted octanol–water partition coefficient (Wildman–Crippen LogP) is 0.790. The van der Waals surface area contributed by atoms with Crippen LogP contribution in [0, 0.1) is 0 Å². The van der Waals surface area contributed by atoms with Crippen molar-refractivity contribution in [2.24, 2.45) is 0 Å². The number of piperidine rings is 1. The van der Waals surface area contributed by atoms with Gasteiger partial charge >= 0.3 is 5.97 Å². The van der Waals surface area contributed by atoms with Crippen LogP contribution in [0.15, 0.2) is 12.4 Å². The smallest absolute Gasteiger partial charge is 0.338 e. The molecule has 0 saturated carbocycles. The molecule has 0 bridgehead atoms. The van der Waals surface area contributed by atoms with Gasteiger partial charge in [-0.15, -0.1) is 0 Å². The van der Waals surface area contributed by atoms with E-state index in [-0.39, 0.29) is 11.7 Å². The molecule has 0 spiro atoms. The summed E-state index contributed by atoms with van der Waals surface area (Å²) in [5.41, 5.74) is 0.106. The summed E-state index contributed by atoms with van der Waals surface area (Å²) in [7, 11) is 1.70. The number of ether oxygens (including phenoxy) is 1. The lowest BCUT2D eigenvalue weighted by molar-refractivity contribution is 0.0695. The molecule has 0 aliphatic carbocycles. The molecule has 0 radical (unpaired) electrons. The van der Waals surface area contributed by atoms with E-state index >= 15 is 0 Å². The predicted molar refractivity (Wildman–Crippen MR) is 61.2 cm³/mol. The fourth-order valence-corrected chi connectivity index (χ4v) is 1.91. The van der Waals surface area contributed by atoms with Gasteiger partial charge in [-0.3, -0.25) is 0 Å². The Morgan fingerprint density at radius 2 is 2.24 bits per heavy atom. The maximum Gasteiger partial charge on any atom is 0.338 e. The van der Waals surface area contributed by atoms with Crippen molar-refractivity contribution in [2.75, 3.05) is 25.1 Å². The summed E-state index contributed by atoms with van der Waals surface area (Å²) < 4.78 is 5.31. The zero-order valence-electron chi connectivity index (χ0n) is 9.67. The van der Waals surface area contributed by atoms with E-state index in [4.69, 9.17) is 9.84 Å². The number of methoxy groups -OCH3 is 1. The molecule has 1 aliphatic heterocycles. The van der Waals surface area contributed by atoms with Crippen molar-refractivity contribution >= 4 is 11.9 Å². The van der Waals surface area contributed by atoms with Gasteiger partial charge < -0.3 is 14.7 Å². The van der Waals surface area contributed by atoms with Crippen LogP contribution in [0.1, 0.15) is 23.2 Å². The van der Waals surface area contributed by atoms with Crippen molar-refractivity contribution in [1.29, 1.82) is 0 Å². The van der Waals surface area contributed by atoms with Gasteiger partial charge in [0.25, 0.3) is 0 Å². The molecule has 1 aliphatic rings. The first-order valence-corrected chi connectivity index (χ1v) is 5.54. The molecule has 1 unspecified atom stereocenters. The summed E-state index contributed by atoms with van der Waals surface area (Å²) in [6.07, 6.45) is 4.94. The number of hydrogen-bond donors (Lipinski definition) is 1. The van der Waals surface area contributed by atoms with E-state index < -0.39 is 5.97 Å². The number of hydrogen-bond acceptors (Lipinski definition) is 5. The van der Waals surface area contributed by atoms with E-state index in [0.717, 1.165) is 25.9 Å². The van der Waals surface area contributed by atoms with Gasteiger partial charge in [-0.1, -0.05) is 0 Å². The second-order valence-corrected chi connectivity index (χ2v) is 4.02. The van der Waals surface area contributed by atoms with Gasteiger partial charge in [-0.25, -0.2) is 14.8 Å². The maximum absolute atomic E-state index is 10.7. The molecule has 6 nitrogen and oxygen atoms in total. The lowest BCUT2D eigenvalue weighted by Gasteiger charge is -2.31. The van der Waals surface area contributed by atoms with Gasteiger partial charge in [0.05, 0.1) is 11.7 Å². The van der Waals surface area contributed by atoms with E-state index in [2.05, 4.69) is 9.97 Å². The molecular formula is C11H15N3O3. The van der Waals surface area contributed by atoms with E-state index in [1.54, 1.807) is 7.11 Å². The first-order valence-electron chi connectivity index (χ1n) is 5.54. The number of carbonyl (C=O) groups is 1. The maximum atomic E-state index is 10.7. The molecule has 1 fully saturated rings. The van der Waals surface area contributed by atoms with Gasteiger partial charge in [0.2, 0.25) is 5.95 Å². The third-order valence-electron chi connectivity index (χ3n) is 2.88. The van der Waals surface area contributed by atoms with E-state index in [0.29, 0.717) is 5.95 Å². The summed E-state index contributed by atoms with van der Waals surface area (Å²) in [5.74, 6) is -0.443. The molecule has 0 amide bonds. The quantitative estimate of drug-likeness (QED) is 0.837. The molecule has 17 heavy (non-hydrogen) atoms. The minimum atomic E-state index is -1.01. The molecule has 0 aromatic carbocycles. The normalized spacial score (nSPS) is 20.3. The first-order chi connectivity index (χ1) is 8.20. The zero-order valence-corrected chi connectivity index (χ0v) is 9.67. The Hall–Kier alpha value is -1.69. The van der Waals surface area contributed by atoms with Crippen molar-refractivity contribution in [1.82, 2.24) is 9.97 Å². The van der Waals surface area contributed by atoms with Gasteiger partial charge in [0.15, 0.2) is 0 Å². The highest BCUT2D eigenvalue weighted by Crippen LogP contribution is 2.17. The summed E-state index contributed by atoms with van der Waals surface area (Å²) in [6.45, 7) is 1.63. The zero-order chi connectivity index (χ0) is 12.3. The molecule has 1 saturated heterocycles. The SMILES string of the molecule is COC1CCCN(c2ncc(C(=O)O)cn2)C1. The Morgan fingerprint density at radius 3 is 2.82 bits per heavy atom. The molecule has 1 aromatic rings. The fraction of sp³-hybridized carbons (Fsp3) is 0.545. The molecule has 2 heterocycles. The highest BCUT2D eigenvalue weighted by Gasteiger charge is 2.21. The molecule has 1 atom stereocenters. The molecule has 92 valence electrons. The van der Waals surface area contributed by atoms with Gasteiger partial charge in [-0.05, 0) is 12.8 Å². The Bertz CT molecular complexity index is 393. The van der Waals surface area contributed by atoms with Crippen molar-refractivity contribution in [3.8, 4) is 0 Å². The van der Waals surface area contributed by atoms with Gasteiger partial charge in [0, 0.05) is 32.6 Å². The van der Waals surface area contributed by atoms with Gasteiger partial charge in [0.1, 0.15) is 0 Å². The van der Waals surface area contributed by atoms with Crippen molar-refractivity contribution in [3.05, 3.63) is 18.0 Å². The van der Waals surface area contributed by atoms with Gasteiger partial charge in [-0.2, -0.15) is 0 Å². The summed E-state index contributed by atoms with van der Waals surface area (Å²) in [6, 6.07) is 0. The number of rotatable bonds is 3. The highest BCUT2D eigenvalue weighted by molar-refractivity contribution is 5.86. The lowest BCUT2D eigenvalue weighted by Crippen LogP contribution is -2.40. The Balaban J connectivity index is 2.08. The summed E-state index contributed by atoms with van der Waals surface area (Å²) in [5, 5.41) is 8.75. The third-order valence-corrected chi connectivity index (χ3v) is 2.88. The average Bonchev–Trinajstić information content (AvgIpc) is 2.39. The Kier molecular flexibility index (Phi) is 3.53. The van der Waals surface area contributed by atoms with Crippen LogP contribution in [0.2, 0.25) is 0 Å². The Labute approximate surface area is 99.2 Å². The first kappa shape index (κ1) is 11.8. The van der Waals surface area contributed by atoms with Crippen molar-refractivity contribution < 1.29 is 14.6 Å². The van der Waals surface area contributed by atoms with Crippen LogP contribution < -0.4 is 4.90 Å². The van der Waals surface area contributed by atoms with Crippen LogP contribution in [0.25, 0.3) is 0 Å². The molecular weight excluding hydrogens is 222 g/mol. The molecule has 1 aromatic heterocycles.